The van der Waals surface area contributed by atoms with Crippen LogP contribution in [-0.2, 0) is 20.8 Å². The summed E-state index contributed by atoms with van der Waals surface area (Å²) in [4.78, 5) is 38.7. The molecule has 0 saturated carbocycles. The van der Waals surface area contributed by atoms with E-state index in [2.05, 4.69) is 16.0 Å². The second kappa shape index (κ2) is 18.8. The van der Waals surface area contributed by atoms with Crippen LogP contribution in [0.4, 0.5) is 0 Å². The molecular weight excluding hydrogens is 564 g/mol. The molecule has 10 N–H and O–H groups in total. The summed E-state index contributed by atoms with van der Waals surface area (Å²) in [7, 11) is 1.55. The molecule has 1 aromatic rings. The highest BCUT2D eigenvalue weighted by Gasteiger charge is 2.28. The molecule has 44 heavy (non-hydrogen) atoms. The Morgan fingerprint density at radius 3 is 2.50 bits per heavy atom. The van der Waals surface area contributed by atoms with E-state index >= 15 is 0 Å². The van der Waals surface area contributed by atoms with Crippen LogP contribution in [0.2, 0.25) is 0 Å². The first-order valence-electron chi connectivity index (χ1n) is 15.2. The largest absolute Gasteiger partial charge is 0.508 e. The molecule has 1 aliphatic carbocycles. The highest BCUT2D eigenvalue weighted by Crippen LogP contribution is 2.31. The number of hydrogen-bond donors (Lipinski definition) is 8. The predicted molar refractivity (Wildman–Crippen MR) is 171 cm³/mol. The molecule has 3 rings (SSSR count). The van der Waals surface area contributed by atoms with E-state index in [-0.39, 0.29) is 54.9 Å². The monoisotopic (exact) mass is 614 g/mol. The van der Waals surface area contributed by atoms with Gasteiger partial charge in [0, 0.05) is 38.6 Å². The van der Waals surface area contributed by atoms with E-state index in [0.29, 0.717) is 30.4 Å². The molecule has 0 bridgehead atoms. The topological polar surface area (TPSA) is 203 Å². The van der Waals surface area contributed by atoms with Crippen LogP contribution in [0.1, 0.15) is 57.1 Å². The van der Waals surface area contributed by atoms with E-state index in [0.717, 1.165) is 43.6 Å². The molecule has 244 valence electrons. The number of carbonyl (C=O) groups excluding carboxylic acids is 3. The van der Waals surface area contributed by atoms with Crippen LogP contribution in [0.5, 0.6) is 5.75 Å². The summed E-state index contributed by atoms with van der Waals surface area (Å²) in [5.74, 6) is -0.641. The van der Waals surface area contributed by atoms with Crippen molar-refractivity contribution in [1.82, 2.24) is 20.9 Å². The minimum atomic E-state index is -0.905. The number of hydrogen-bond acceptors (Lipinski definition) is 9. The van der Waals surface area contributed by atoms with Gasteiger partial charge in [0.2, 0.25) is 18.2 Å². The molecule has 12 nitrogen and oxygen atoms in total. The highest BCUT2D eigenvalue weighted by atomic mass is 16.3. The first-order valence-corrected chi connectivity index (χ1v) is 15.2. The molecule has 0 spiro atoms. The number of carbonyl (C=O) groups is 3. The molecule has 1 fully saturated rings. The van der Waals surface area contributed by atoms with Crippen molar-refractivity contribution in [1.29, 1.82) is 0 Å². The lowest BCUT2D eigenvalue weighted by Crippen LogP contribution is -2.50. The molecule has 1 heterocycles. The number of aliphatic hydroxyl groups is 2. The van der Waals surface area contributed by atoms with Gasteiger partial charge in [0.1, 0.15) is 17.6 Å². The summed E-state index contributed by atoms with van der Waals surface area (Å²) >= 11 is 0. The summed E-state index contributed by atoms with van der Waals surface area (Å²) in [6.07, 6.45) is 8.49. The number of nitrogens with zero attached hydrogens (tertiary/aromatic N) is 1. The summed E-state index contributed by atoms with van der Waals surface area (Å²) in [6, 6.07) is 3.11. The lowest BCUT2D eigenvalue weighted by molar-refractivity contribution is -0.132. The minimum Gasteiger partial charge on any atom is -0.508 e. The SMILES string of the molecule is CCN.C[C@H](CCO)NC(=O)C(N)Cc1cc(C2=CC(CC(C(=O)NC3CCNCC3)N(C)C=O)=C(O)C=CC2)ccc1O. The van der Waals surface area contributed by atoms with Crippen LogP contribution in [0.25, 0.3) is 5.57 Å². The Morgan fingerprint density at radius 1 is 1.18 bits per heavy atom. The van der Waals surface area contributed by atoms with Crippen molar-refractivity contribution in [2.24, 2.45) is 11.5 Å². The molecule has 1 saturated heterocycles. The number of likely N-dealkylation sites (N-methyl/N-ethyl adjacent to an activating group) is 1. The van der Waals surface area contributed by atoms with E-state index in [9.17, 15) is 24.6 Å². The number of aromatic hydroxyl groups is 1. The second-order valence-electron chi connectivity index (χ2n) is 11.2. The van der Waals surface area contributed by atoms with Crippen molar-refractivity contribution in [3.05, 3.63) is 58.9 Å². The zero-order valence-corrected chi connectivity index (χ0v) is 26.1. The summed E-state index contributed by atoms with van der Waals surface area (Å²) < 4.78 is 0. The molecule has 2 unspecified atom stereocenters. The Kier molecular flexibility index (Phi) is 15.6. The number of piperidine rings is 1. The summed E-state index contributed by atoms with van der Waals surface area (Å²) in [5.41, 5.74) is 13.5. The number of rotatable bonds is 13. The summed E-state index contributed by atoms with van der Waals surface area (Å²) in [5, 5.41) is 39.4. The van der Waals surface area contributed by atoms with Crippen molar-refractivity contribution in [3.8, 4) is 5.75 Å². The molecule has 3 atom stereocenters. The third-order valence-corrected chi connectivity index (χ3v) is 7.53. The Labute approximate surface area is 260 Å². The zero-order valence-electron chi connectivity index (χ0n) is 26.1. The van der Waals surface area contributed by atoms with Crippen molar-refractivity contribution >= 4 is 23.8 Å². The molecule has 1 aliphatic heterocycles. The molecule has 1 aromatic carbocycles. The highest BCUT2D eigenvalue weighted by molar-refractivity contribution is 5.85. The second-order valence-corrected chi connectivity index (χ2v) is 11.2. The molecule has 0 radical (unpaired) electrons. The van der Waals surface area contributed by atoms with E-state index in [1.807, 2.05) is 6.92 Å². The fourth-order valence-electron chi connectivity index (χ4n) is 4.97. The van der Waals surface area contributed by atoms with Gasteiger partial charge >= 0.3 is 0 Å². The fraction of sp³-hybridized carbons (Fsp3) is 0.531. The first kappa shape index (κ1) is 36.5. The maximum Gasteiger partial charge on any atom is 0.243 e. The number of nitrogens with two attached hydrogens (primary N) is 2. The van der Waals surface area contributed by atoms with Gasteiger partial charge in [0.15, 0.2) is 0 Å². The van der Waals surface area contributed by atoms with Crippen molar-refractivity contribution in [3.63, 3.8) is 0 Å². The number of phenolic OH excluding ortho intramolecular Hbond substituents is 1. The van der Waals surface area contributed by atoms with Crippen LogP contribution in [0, 0.1) is 0 Å². The third-order valence-electron chi connectivity index (χ3n) is 7.53. The normalized spacial score (nSPS) is 17.3. The van der Waals surface area contributed by atoms with Crippen LogP contribution in [0.15, 0.2) is 47.8 Å². The van der Waals surface area contributed by atoms with Crippen LogP contribution < -0.4 is 27.4 Å². The Balaban J connectivity index is 0.00000216. The maximum absolute atomic E-state index is 13.2. The van der Waals surface area contributed by atoms with Gasteiger partial charge in [-0.3, -0.25) is 14.4 Å². The molecule has 3 amide bonds. The standard InChI is InChI=1S/C30H43N5O6.C2H7N/c1-19(10-13-36)33-29(40)25(31)16-22-15-21(6-7-28(22)39)20-4-3-5-27(38)23(14-20)17-26(35(2)18-37)30(41)34-24-8-11-32-12-9-24;1-2-3/h3,5-7,14-15,18-19,24-26,32,36,38-39H,4,8-13,16-17,31H2,1-2H3,(H,33,40)(H,34,41);2-3H2,1H3/t19-,25?,26?;/m1./s1. The molecular formula is C32H50N6O6. The van der Waals surface area contributed by atoms with Crippen molar-refractivity contribution in [2.75, 3.05) is 33.3 Å². The van der Waals surface area contributed by atoms with Crippen LogP contribution >= 0.6 is 0 Å². The lowest BCUT2D eigenvalue weighted by Gasteiger charge is -2.29. The molecule has 2 aliphatic rings. The smallest absolute Gasteiger partial charge is 0.243 e. The van der Waals surface area contributed by atoms with Gasteiger partial charge in [-0.05, 0) is 92.7 Å². The number of nitrogens with one attached hydrogen (secondary N) is 3. The number of allylic oxidation sites excluding steroid dienone is 4. The Morgan fingerprint density at radius 2 is 1.86 bits per heavy atom. The van der Waals surface area contributed by atoms with Gasteiger partial charge in [0.25, 0.3) is 0 Å². The van der Waals surface area contributed by atoms with Gasteiger partial charge < -0.3 is 47.6 Å². The number of benzene rings is 1. The average Bonchev–Trinajstić information content (AvgIpc) is 3.18. The number of phenols is 1. The first-order chi connectivity index (χ1) is 21.0. The van der Waals surface area contributed by atoms with Gasteiger partial charge in [-0.1, -0.05) is 25.1 Å². The van der Waals surface area contributed by atoms with E-state index in [4.69, 9.17) is 16.6 Å². The van der Waals surface area contributed by atoms with Gasteiger partial charge in [-0.25, -0.2) is 0 Å². The zero-order chi connectivity index (χ0) is 32.6. The maximum atomic E-state index is 13.2. The van der Waals surface area contributed by atoms with Crippen LogP contribution in [0.3, 0.4) is 0 Å². The minimum absolute atomic E-state index is 0.00559. The van der Waals surface area contributed by atoms with E-state index < -0.39 is 12.1 Å². The third kappa shape index (κ3) is 11.4. The van der Waals surface area contributed by atoms with Gasteiger partial charge in [-0.15, -0.1) is 0 Å². The molecule has 12 heteroatoms. The quantitative estimate of drug-likeness (QED) is 0.149. The fourth-order valence-corrected chi connectivity index (χ4v) is 4.97. The predicted octanol–water partition coefficient (Wildman–Crippen LogP) is 0.985. The number of aliphatic hydroxyl groups excluding tert-OH is 2. The summed E-state index contributed by atoms with van der Waals surface area (Å²) in [6.45, 7) is 6.01. The van der Waals surface area contributed by atoms with E-state index in [1.54, 1.807) is 44.3 Å². The Hall–Kier alpha value is -3.71. The van der Waals surface area contributed by atoms with Gasteiger partial charge in [0.05, 0.1) is 6.04 Å². The average molecular weight is 615 g/mol. The lowest BCUT2D eigenvalue weighted by atomic mass is 9.94. The number of amides is 3. The molecule has 0 aromatic heterocycles. The Bertz CT molecular complexity index is 1190. The van der Waals surface area contributed by atoms with Crippen LogP contribution in [-0.4, -0.2) is 95.9 Å². The van der Waals surface area contributed by atoms with Crippen molar-refractivity contribution in [2.45, 2.75) is 76.5 Å². The van der Waals surface area contributed by atoms with Crippen molar-refractivity contribution < 1.29 is 29.7 Å². The van der Waals surface area contributed by atoms with E-state index in [1.165, 1.54) is 11.0 Å². The van der Waals surface area contributed by atoms with Gasteiger partial charge in [-0.2, -0.15) is 0 Å².